The molecule has 35 heavy (non-hydrogen) atoms. The van der Waals surface area contributed by atoms with Crippen LogP contribution in [0.5, 0.6) is 0 Å². The summed E-state index contributed by atoms with van der Waals surface area (Å²) in [5, 5.41) is 21.3. The molecule has 5 aliphatic rings. The van der Waals surface area contributed by atoms with Gasteiger partial charge in [-0.25, -0.2) is 4.79 Å². The van der Waals surface area contributed by atoms with Gasteiger partial charge < -0.3 is 14.9 Å². The van der Waals surface area contributed by atoms with Crippen molar-refractivity contribution in [2.24, 2.45) is 33.5 Å². The average molecular weight is 483 g/mol. The number of carboxylic acids is 1. The van der Waals surface area contributed by atoms with Crippen LogP contribution in [-0.2, 0) is 14.3 Å². The minimum absolute atomic E-state index is 0.0595. The first kappa shape index (κ1) is 24.8. The molecule has 4 saturated carbocycles. The first-order valence-corrected chi connectivity index (χ1v) is 13.5. The van der Waals surface area contributed by atoms with Crippen molar-refractivity contribution in [1.29, 1.82) is 0 Å². The fourth-order valence-electron chi connectivity index (χ4n) is 9.95. The van der Waals surface area contributed by atoms with Gasteiger partial charge in [-0.15, -0.1) is 0 Å². The van der Waals surface area contributed by atoms with Crippen molar-refractivity contribution in [3.05, 3.63) is 34.9 Å². The predicted octanol–water partition coefficient (Wildman–Crippen LogP) is 5.98. The van der Waals surface area contributed by atoms with E-state index in [1.165, 1.54) is 11.1 Å². The zero-order chi connectivity index (χ0) is 25.6. The quantitative estimate of drug-likeness (QED) is 0.380. The summed E-state index contributed by atoms with van der Waals surface area (Å²) in [7, 11) is 0. The molecule has 0 amide bonds. The van der Waals surface area contributed by atoms with Crippen LogP contribution in [0.1, 0.15) is 92.4 Å². The maximum Gasteiger partial charge on any atom is 0.333 e. The van der Waals surface area contributed by atoms with Gasteiger partial charge in [0.1, 0.15) is 6.10 Å². The van der Waals surface area contributed by atoms with Gasteiger partial charge >= 0.3 is 11.9 Å². The van der Waals surface area contributed by atoms with Crippen LogP contribution < -0.4 is 0 Å². The van der Waals surface area contributed by atoms with Crippen molar-refractivity contribution in [3.63, 3.8) is 0 Å². The van der Waals surface area contributed by atoms with Crippen LogP contribution in [0.25, 0.3) is 0 Å². The third kappa shape index (κ3) is 3.15. The van der Waals surface area contributed by atoms with Gasteiger partial charge in [0.2, 0.25) is 0 Å². The van der Waals surface area contributed by atoms with E-state index in [4.69, 9.17) is 4.74 Å². The molecule has 8 atom stereocenters. The van der Waals surface area contributed by atoms with Crippen LogP contribution in [0.15, 0.2) is 34.9 Å². The number of carbonyl (C=O) groups is 2. The number of allylic oxidation sites excluding steroid dienone is 3. The number of rotatable bonds is 4. The lowest BCUT2D eigenvalue weighted by Gasteiger charge is -2.60. The molecule has 0 bridgehead atoms. The van der Waals surface area contributed by atoms with Crippen molar-refractivity contribution in [3.8, 4) is 0 Å². The molecule has 1 aliphatic heterocycles. The lowest BCUT2D eigenvalue weighted by atomic mass is 9.44. The molecule has 1 spiro atoms. The zero-order valence-corrected chi connectivity index (χ0v) is 22.1. The molecule has 0 radical (unpaired) electrons. The van der Waals surface area contributed by atoms with Gasteiger partial charge in [-0.3, -0.25) is 4.79 Å². The van der Waals surface area contributed by atoms with Gasteiger partial charge in [-0.05, 0) is 111 Å². The number of aliphatic carboxylic acids is 1. The van der Waals surface area contributed by atoms with E-state index in [1.54, 1.807) is 0 Å². The summed E-state index contributed by atoms with van der Waals surface area (Å²) in [6.45, 7) is 15.1. The van der Waals surface area contributed by atoms with Crippen molar-refractivity contribution >= 4 is 11.9 Å². The molecule has 4 fully saturated rings. The highest BCUT2D eigenvalue weighted by Crippen LogP contribution is 2.87. The highest BCUT2D eigenvalue weighted by Gasteiger charge is 2.82. The van der Waals surface area contributed by atoms with E-state index in [0.717, 1.165) is 44.1 Å². The van der Waals surface area contributed by atoms with Crippen molar-refractivity contribution in [1.82, 2.24) is 0 Å². The van der Waals surface area contributed by atoms with E-state index in [-0.39, 0.29) is 52.0 Å². The average Bonchev–Trinajstić information content (AvgIpc) is 3.35. The Hall–Kier alpha value is -1.88. The molecule has 0 aromatic heterocycles. The SMILES string of the molecule is C=C(C)[C@@H]1C[C@H](O)[C@@H]2[C@]3(CC[C@]4(C)/C5=C(\C)CC/C=C(/C)C(=O)O[C@H]5C[C@@]24C)C[C@]13CCC(=O)O. The van der Waals surface area contributed by atoms with Crippen molar-refractivity contribution in [2.75, 3.05) is 0 Å². The lowest BCUT2D eigenvalue weighted by Crippen LogP contribution is -2.57. The fourth-order valence-corrected chi connectivity index (χ4v) is 9.95. The Morgan fingerprint density at radius 2 is 1.97 bits per heavy atom. The summed E-state index contributed by atoms with van der Waals surface area (Å²) in [6, 6.07) is 0. The highest BCUT2D eigenvalue weighted by atomic mass is 16.5. The fraction of sp³-hybridized carbons (Fsp3) is 0.733. The smallest absolute Gasteiger partial charge is 0.333 e. The molecule has 0 saturated heterocycles. The summed E-state index contributed by atoms with van der Waals surface area (Å²) >= 11 is 0. The second kappa shape index (κ2) is 7.81. The van der Waals surface area contributed by atoms with Crippen LogP contribution in [0, 0.1) is 33.5 Å². The van der Waals surface area contributed by atoms with Gasteiger partial charge in [0.15, 0.2) is 0 Å². The first-order valence-electron chi connectivity index (χ1n) is 13.5. The molecule has 0 unspecified atom stereocenters. The summed E-state index contributed by atoms with van der Waals surface area (Å²) < 4.78 is 6.19. The number of aliphatic hydroxyl groups is 1. The number of ether oxygens (including phenoxy) is 1. The second-order valence-corrected chi connectivity index (χ2v) is 13.0. The number of aliphatic hydroxyl groups excluding tert-OH is 1. The Morgan fingerprint density at radius 3 is 2.63 bits per heavy atom. The summed E-state index contributed by atoms with van der Waals surface area (Å²) in [4.78, 5) is 24.5. The van der Waals surface area contributed by atoms with Gasteiger partial charge in [0, 0.05) is 12.0 Å². The topological polar surface area (TPSA) is 83.8 Å². The molecular formula is C30H42O5. The largest absolute Gasteiger partial charge is 0.481 e. The van der Waals surface area contributed by atoms with Gasteiger partial charge in [-0.1, -0.05) is 37.6 Å². The summed E-state index contributed by atoms with van der Waals surface area (Å²) in [5.41, 5.74) is 3.82. The monoisotopic (exact) mass is 482 g/mol. The molecule has 0 aromatic rings. The first-order chi connectivity index (χ1) is 16.3. The number of esters is 1. The van der Waals surface area contributed by atoms with Crippen LogP contribution in [0.2, 0.25) is 0 Å². The van der Waals surface area contributed by atoms with E-state index in [9.17, 15) is 19.8 Å². The lowest BCUT2D eigenvalue weighted by molar-refractivity contribution is -0.154. The maximum absolute atomic E-state index is 12.9. The molecule has 2 N–H and O–H groups in total. The number of carboxylic acid groups (broad SMARTS) is 1. The van der Waals surface area contributed by atoms with E-state index < -0.39 is 12.1 Å². The predicted molar refractivity (Wildman–Crippen MR) is 134 cm³/mol. The number of hydrogen-bond acceptors (Lipinski definition) is 4. The summed E-state index contributed by atoms with van der Waals surface area (Å²) in [5.74, 6) is -0.755. The molecule has 5 heteroatoms. The Bertz CT molecular complexity index is 1050. The minimum Gasteiger partial charge on any atom is -0.481 e. The highest BCUT2D eigenvalue weighted by molar-refractivity contribution is 5.88. The number of fused-ring (bicyclic) bond motifs is 4. The third-order valence-corrected chi connectivity index (χ3v) is 11.5. The number of hydrogen-bond donors (Lipinski definition) is 2. The molecule has 5 rings (SSSR count). The van der Waals surface area contributed by atoms with E-state index in [2.05, 4.69) is 27.4 Å². The van der Waals surface area contributed by atoms with Crippen LogP contribution in [0.4, 0.5) is 0 Å². The molecule has 5 nitrogen and oxygen atoms in total. The van der Waals surface area contributed by atoms with E-state index in [0.29, 0.717) is 18.4 Å². The Balaban J connectivity index is 1.60. The van der Waals surface area contributed by atoms with Crippen LogP contribution in [-0.4, -0.2) is 34.4 Å². The molecule has 1 heterocycles. The van der Waals surface area contributed by atoms with Gasteiger partial charge in [0.05, 0.1) is 6.10 Å². The second-order valence-electron chi connectivity index (χ2n) is 13.0. The normalized spacial score (nSPS) is 50.1. The van der Waals surface area contributed by atoms with Crippen molar-refractivity contribution in [2.45, 2.75) is 105 Å². The zero-order valence-electron chi connectivity index (χ0n) is 22.1. The molecule has 4 aliphatic carbocycles. The standard InChI is InChI=1S/C30H42O5/c1-17(2)20-14-21(31)25-28(6)15-22-24(18(3)8-7-9-19(4)26(34)35-22)27(28,5)12-13-30(25)16-29(20,30)11-10-23(32)33/h9,20-22,25,31H,1,7-8,10-16H2,2-6H3,(H,32,33)/b19-9-,24-18+/t20-,21-,22-,25-,27+,28-,29+,30-/m0/s1. The third-order valence-electron chi connectivity index (χ3n) is 11.5. The Morgan fingerprint density at radius 1 is 1.26 bits per heavy atom. The Kier molecular flexibility index (Phi) is 5.53. The summed E-state index contributed by atoms with van der Waals surface area (Å²) in [6.07, 6.45) is 8.17. The van der Waals surface area contributed by atoms with E-state index >= 15 is 0 Å². The van der Waals surface area contributed by atoms with Gasteiger partial charge in [-0.2, -0.15) is 0 Å². The Labute approximate surface area is 209 Å². The molecule has 0 aromatic carbocycles. The maximum atomic E-state index is 12.9. The van der Waals surface area contributed by atoms with Crippen LogP contribution in [0.3, 0.4) is 0 Å². The molecular weight excluding hydrogens is 440 g/mol. The number of carbonyl (C=O) groups excluding carboxylic acids is 1. The minimum atomic E-state index is -0.747. The van der Waals surface area contributed by atoms with Gasteiger partial charge in [0.25, 0.3) is 0 Å². The molecule has 192 valence electrons. The van der Waals surface area contributed by atoms with Crippen LogP contribution >= 0.6 is 0 Å². The van der Waals surface area contributed by atoms with E-state index in [1.807, 2.05) is 19.9 Å². The van der Waals surface area contributed by atoms with Crippen molar-refractivity contribution < 1.29 is 24.5 Å².